The van der Waals surface area contributed by atoms with E-state index in [9.17, 15) is 4.39 Å². The highest BCUT2D eigenvalue weighted by Gasteiger charge is 2.38. The molecule has 1 unspecified atom stereocenters. The highest BCUT2D eigenvalue weighted by atomic mass is 19.1. The molecule has 1 aromatic rings. The Labute approximate surface area is 94.6 Å². The molecule has 0 radical (unpaired) electrons. The van der Waals surface area contributed by atoms with Gasteiger partial charge in [-0.1, -0.05) is 0 Å². The number of hydrogen-bond acceptors (Lipinski definition) is 3. The molecule has 0 aromatic heterocycles. The maximum Gasteiger partial charge on any atom is 0.153 e. The SMILES string of the molecule is COc1ccc(OC)c(C2(F)CCNC2)c1. The van der Waals surface area contributed by atoms with Crippen LogP contribution in [-0.4, -0.2) is 27.3 Å². The molecule has 0 aliphatic carbocycles. The van der Waals surface area contributed by atoms with Gasteiger partial charge in [0.25, 0.3) is 0 Å². The van der Waals surface area contributed by atoms with E-state index >= 15 is 0 Å². The van der Waals surface area contributed by atoms with Crippen LogP contribution in [0.2, 0.25) is 0 Å². The molecule has 0 bridgehead atoms. The van der Waals surface area contributed by atoms with Crippen molar-refractivity contribution in [2.24, 2.45) is 0 Å². The molecule has 1 atom stereocenters. The summed E-state index contributed by atoms with van der Waals surface area (Å²) < 4.78 is 24.9. The highest BCUT2D eigenvalue weighted by molar-refractivity contribution is 5.44. The minimum Gasteiger partial charge on any atom is -0.497 e. The molecule has 0 spiro atoms. The number of halogens is 1. The molecule has 1 aliphatic rings. The zero-order valence-corrected chi connectivity index (χ0v) is 9.55. The van der Waals surface area contributed by atoms with E-state index in [1.807, 2.05) is 0 Å². The molecule has 1 fully saturated rings. The van der Waals surface area contributed by atoms with E-state index in [0.717, 1.165) is 0 Å². The fraction of sp³-hybridized carbons (Fsp3) is 0.500. The van der Waals surface area contributed by atoms with E-state index in [0.29, 0.717) is 36.6 Å². The van der Waals surface area contributed by atoms with E-state index in [1.54, 1.807) is 32.4 Å². The Morgan fingerprint density at radius 2 is 2.12 bits per heavy atom. The van der Waals surface area contributed by atoms with Crippen LogP contribution in [-0.2, 0) is 5.67 Å². The Morgan fingerprint density at radius 3 is 2.69 bits per heavy atom. The topological polar surface area (TPSA) is 30.5 Å². The third-order valence-corrected chi connectivity index (χ3v) is 2.99. The van der Waals surface area contributed by atoms with Crippen molar-refractivity contribution in [3.63, 3.8) is 0 Å². The van der Waals surface area contributed by atoms with Crippen LogP contribution in [0.15, 0.2) is 18.2 Å². The molecule has 1 aliphatic heterocycles. The molecule has 1 N–H and O–H groups in total. The largest absolute Gasteiger partial charge is 0.497 e. The van der Waals surface area contributed by atoms with Gasteiger partial charge in [-0.05, 0) is 31.2 Å². The van der Waals surface area contributed by atoms with Gasteiger partial charge in [0.2, 0.25) is 0 Å². The maximum absolute atomic E-state index is 14.6. The highest BCUT2D eigenvalue weighted by Crippen LogP contribution is 2.39. The summed E-state index contributed by atoms with van der Waals surface area (Å²) in [6.07, 6.45) is 0.469. The molecular weight excluding hydrogens is 209 g/mol. The molecule has 0 saturated carbocycles. The second-order valence-corrected chi connectivity index (χ2v) is 3.96. The molecule has 0 amide bonds. The van der Waals surface area contributed by atoms with Gasteiger partial charge in [0.05, 0.1) is 14.2 Å². The zero-order chi connectivity index (χ0) is 11.6. The molecule has 3 nitrogen and oxygen atoms in total. The second-order valence-electron chi connectivity index (χ2n) is 3.96. The first-order valence-electron chi connectivity index (χ1n) is 5.32. The number of hydrogen-bond donors (Lipinski definition) is 1. The van der Waals surface area contributed by atoms with Gasteiger partial charge in [0.1, 0.15) is 11.5 Å². The summed E-state index contributed by atoms with van der Waals surface area (Å²) in [5.74, 6) is 1.23. The average molecular weight is 225 g/mol. The summed E-state index contributed by atoms with van der Waals surface area (Å²) >= 11 is 0. The molecular formula is C12H16FNO2. The standard InChI is InChI=1S/C12H16FNO2/c1-15-9-3-4-11(16-2)10(7-9)12(13)5-6-14-8-12/h3-4,7,14H,5-6,8H2,1-2H3. The van der Waals surface area contributed by atoms with Crippen molar-refractivity contribution in [1.82, 2.24) is 5.32 Å². The number of nitrogens with one attached hydrogen (secondary N) is 1. The van der Waals surface area contributed by atoms with Crippen LogP contribution in [0.4, 0.5) is 4.39 Å². The van der Waals surface area contributed by atoms with Crippen molar-refractivity contribution in [3.05, 3.63) is 23.8 Å². The Hall–Kier alpha value is -1.29. The van der Waals surface area contributed by atoms with Crippen LogP contribution < -0.4 is 14.8 Å². The Balaban J connectivity index is 2.43. The van der Waals surface area contributed by atoms with Gasteiger partial charge < -0.3 is 14.8 Å². The van der Waals surface area contributed by atoms with E-state index in [4.69, 9.17) is 9.47 Å². The van der Waals surface area contributed by atoms with E-state index in [2.05, 4.69) is 5.32 Å². The summed E-state index contributed by atoms with van der Waals surface area (Å²) in [5, 5.41) is 3.03. The minimum absolute atomic E-state index is 0.330. The first kappa shape index (κ1) is 11.2. The second kappa shape index (κ2) is 4.29. The van der Waals surface area contributed by atoms with Crippen molar-refractivity contribution < 1.29 is 13.9 Å². The van der Waals surface area contributed by atoms with Gasteiger partial charge in [0, 0.05) is 12.1 Å². The lowest BCUT2D eigenvalue weighted by Gasteiger charge is -2.22. The first-order chi connectivity index (χ1) is 7.69. The van der Waals surface area contributed by atoms with E-state index < -0.39 is 5.67 Å². The molecule has 4 heteroatoms. The van der Waals surface area contributed by atoms with Gasteiger partial charge in [-0.2, -0.15) is 0 Å². The molecule has 16 heavy (non-hydrogen) atoms. The van der Waals surface area contributed by atoms with Crippen molar-refractivity contribution in [1.29, 1.82) is 0 Å². The van der Waals surface area contributed by atoms with Gasteiger partial charge in [0.15, 0.2) is 5.67 Å². The van der Waals surface area contributed by atoms with Crippen molar-refractivity contribution >= 4 is 0 Å². The molecule has 1 aromatic carbocycles. The van der Waals surface area contributed by atoms with Crippen molar-refractivity contribution in [3.8, 4) is 11.5 Å². The predicted octanol–water partition coefficient (Wildman–Crippen LogP) is 1.86. The van der Waals surface area contributed by atoms with Gasteiger partial charge >= 0.3 is 0 Å². The summed E-state index contributed by atoms with van der Waals surface area (Å²) in [4.78, 5) is 0. The fourth-order valence-electron chi connectivity index (χ4n) is 2.06. The van der Waals surface area contributed by atoms with Crippen LogP contribution in [0.25, 0.3) is 0 Å². The van der Waals surface area contributed by atoms with Gasteiger partial charge in [-0.3, -0.25) is 0 Å². The number of ether oxygens (including phenoxy) is 2. The first-order valence-corrected chi connectivity index (χ1v) is 5.32. The number of alkyl halides is 1. The average Bonchev–Trinajstić information content (AvgIpc) is 2.76. The molecule has 1 heterocycles. The van der Waals surface area contributed by atoms with Crippen molar-refractivity contribution in [2.45, 2.75) is 12.1 Å². The lowest BCUT2D eigenvalue weighted by Crippen LogP contribution is -2.24. The quantitative estimate of drug-likeness (QED) is 0.851. The maximum atomic E-state index is 14.6. The zero-order valence-electron chi connectivity index (χ0n) is 9.55. The van der Waals surface area contributed by atoms with Gasteiger partial charge in [-0.15, -0.1) is 0 Å². The third-order valence-electron chi connectivity index (χ3n) is 2.99. The number of rotatable bonds is 3. The van der Waals surface area contributed by atoms with Crippen LogP contribution in [0.1, 0.15) is 12.0 Å². The van der Waals surface area contributed by atoms with E-state index in [1.165, 1.54) is 0 Å². The van der Waals surface area contributed by atoms with Crippen LogP contribution in [0, 0.1) is 0 Å². The summed E-state index contributed by atoms with van der Waals surface area (Å²) in [7, 11) is 3.13. The monoisotopic (exact) mass is 225 g/mol. The minimum atomic E-state index is -1.35. The van der Waals surface area contributed by atoms with Crippen molar-refractivity contribution in [2.75, 3.05) is 27.3 Å². The van der Waals surface area contributed by atoms with E-state index in [-0.39, 0.29) is 0 Å². The van der Waals surface area contributed by atoms with Crippen LogP contribution in [0.3, 0.4) is 0 Å². The lowest BCUT2D eigenvalue weighted by atomic mass is 9.94. The van der Waals surface area contributed by atoms with Crippen LogP contribution in [0.5, 0.6) is 11.5 Å². The summed E-state index contributed by atoms with van der Waals surface area (Å²) in [6.45, 7) is 1.02. The molecule has 1 saturated heterocycles. The molecule has 2 rings (SSSR count). The van der Waals surface area contributed by atoms with Crippen LogP contribution >= 0.6 is 0 Å². The Bertz CT molecular complexity index is 375. The lowest BCUT2D eigenvalue weighted by molar-refractivity contribution is 0.186. The van der Waals surface area contributed by atoms with Gasteiger partial charge in [-0.25, -0.2) is 4.39 Å². The number of methoxy groups -OCH3 is 2. The summed E-state index contributed by atoms with van der Waals surface area (Å²) in [5.41, 5.74) is -0.778. The normalized spacial score (nSPS) is 24.4. The number of benzene rings is 1. The summed E-state index contributed by atoms with van der Waals surface area (Å²) in [6, 6.07) is 5.23. The Morgan fingerprint density at radius 1 is 1.31 bits per heavy atom. The predicted molar refractivity (Wildman–Crippen MR) is 59.8 cm³/mol. The smallest absolute Gasteiger partial charge is 0.153 e. The Kier molecular flexibility index (Phi) is 3.01. The molecule has 88 valence electrons. The fourth-order valence-corrected chi connectivity index (χ4v) is 2.06. The third kappa shape index (κ3) is 1.85.